The van der Waals surface area contributed by atoms with Crippen LogP contribution < -0.4 is 4.90 Å². The van der Waals surface area contributed by atoms with Crippen molar-refractivity contribution in [2.45, 2.75) is 25.3 Å². The van der Waals surface area contributed by atoms with Gasteiger partial charge in [-0.05, 0) is 37.2 Å². The molecule has 3 rings (SSSR count). The summed E-state index contributed by atoms with van der Waals surface area (Å²) in [5.74, 6) is 1.25. The first-order chi connectivity index (χ1) is 13.4. The Morgan fingerprint density at radius 3 is 2.71 bits per heavy atom. The Balaban J connectivity index is 1.44. The number of rotatable bonds is 7. The normalized spacial score (nSPS) is 17.5. The lowest BCUT2D eigenvalue weighted by Crippen LogP contribution is -2.37. The minimum Gasteiger partial charge on any atom is -0.467 e. The van der Waals surface area contributed by atoms with Gasteiger partial charge in [-0.25, -0.2) is 4.98 Å². The molecule has 1 N–H and O–H groups in total. The third-order valence-corrected chi connectivity index (χ3v) is 4.59. The molecule has 9 heteroatoms. The van der Waals surface area contributed by atoms with E-state index in [2.05, 4.69) is 9.88 Å². The quantitative estimate of drug-likeness (QED) is 0.773. The van der Waals surface area contributed by atoms with Crippen molar-refractivity contribution in [3.05, 3.63) is 48.0 Å². The zero-order valence-electron chi connectivity index (χ0n) is 15.4. The highest BCUT2D eigenvalue weighted by atomic mass is 19.4. The van der Waals surface area contributed by atoms with Gasteiger partial charge in [0.15, 0.2) is 0 Å². The molecule has 2 aromatic rings. The molecule has 1 aliphatic rings. The molecule has 154 valence electrons. The number of aliphatic hydroxyl groups excluding tert-OH is 1. The fourth-order valence-corrected chi connectivity index (χ4v) is 3.16. The molecule has 0 aromatic carbocycles. The molecule has 1 unspecified atom stereocenters. The smallest absolute Gasteiger partial charge is 0.417 e. The van der Waals surface area contributed by atoms with Crippen LogP contribution in [0.4, 0.5) is 19.0 Å². The van der Waals surface area contributed by atoms with Gasteiger partial charge < -0.3 is 19.2 Å². The third-order valence-electron chi connectivity index (χ3n) is 4.59. The van der Waals surface area contributed by atoms with Crippen molar-refractivity contribution >= 4 is 5.82 Å². The number of β-amino-alcohol motifs (C(OH)–C–C–N with tert-alkyl or cyclic N) is 1. The topological polar surface area (TPSA) is 62.0 Å². The van der Waals surface area contributed by atoms with Gasteiger partial charge in [0.1, 0.15) is 18.2 Å². The molecule has 2 aromatic heterocycles. The first kappa shape index (κ1) is 20.6. The van der Waals surface area contributed by atoms with E-state index in [0.29, 0.717) is 44.4 Å². The Labute approximate surface area is 161 Å². The summed E-state index contributed by atoms with van der Waals surface area (Å²) in [6.45, 7) is 3.84. The summed E-state index contributed by atoms with van der Waals surface area (Å²) in [7, 11) is 0. The molecule has 0 bridgehead atoms. The van der Waals surface area contributed by atoms with Crippen molar-refractivity contribution in [3.63, 3.8) is 0 Å². The molecule has 28 heavy (non-hydrogen) atoms. The summed E-state index contributed by atoms with van der Waals surface area (Å²) in [5.41, 5.74) is -0.745. The highest BCUT2D eigenvalue weighted by Crippen LogP contribution is 2.29. The summed E-state index contributed by atoms with van der Waals surface area (Å²) in [5, 5.41) is 10.2. The van der Waals surface area contributed by atoms with E-state index in [4.69, 9.17) is 9.15 Å². The van der Waals surface area contributed by atoms with Gasteiger partial charge in [-0.3, -0.25) is 4.90 Å². The van der Waals surface area contributed by atoms with Gasteiger partial charge in [0.2, 0.25) is 0 Å². The molecule has 1 saturated heterocycles. The second-order valence-electron chi connectivity index (χ2n) is 6.79. The monoisotopic (exact) mass is 399 g/mol. The van der Waals surface area contributed by atoms with E-state index in [1.165, 1.54) is 6.07 Å². The first-order valence-corrected chi connectivity index (χ1v) is 9.20. The van der Waals surface area contributed by atoms with Crippen LogP contribution >= 0.6 is 0 Å². The van der Waals surface area contributed by atoms with Crippen LogP contribution in [0.25, 0.3) is 0 Å². The van der Waals surface area contributed by atoms with Crippen LogP contribution in [-0.2, 0) is 17.5 Å². The minimum absolute atomic E-state index is 0.210. The minimum atomic E-state index is -4.38. The summed E-state index contributed by atoms with van der Waals surface area (Å²) in [6.07, 6.45) is -1.72. The Bertz CT molecular complexity index is 707. The highest BCUT2D eigenvalue weighted by molar-refractivity contribution is 5.40. The lowest BCUT2D eigenvalue weighted by Gasteiger charge is -2.24. The van der Waals surface area contributed by atoms with Gasteiger partial charge in [-0.15, -0.1) is 0 Å². The average Bonchev–Trinajstić information content (AvgIpc) is 3.06. The lowest BCUT2D eigenvalue weighted by atomic mass is 10.2. The summed E-state index contributed by atoms with van der Waals surface area (Å²) >= 11 is 0. The Kier molecular flexibility index (Phi) is 6.93. The molecule has 1 aliphatic heterocycles. The maximum Gasteiger partial charge on any atom is 0.417 e. The van der Waals surface area contributed by atoms with E-state index in [1.807, 2.05) is 11.0 Å². The number of aromatic nitrogens is 1. The largest absolute Gasteiger partial charge is 0.467 e. The SMILES string of the molecule is OC(COCc1ccco1)CN1CCCN(c2ccc(C(F)(F)F)cn2)CC1. The summed E-state index contributed by atoms with van der Waals surface area (Å²) in [6, 6.07) is 6.07. The predicted molar refractivity (Wildman–Crippen MR) is 96.9 cm³/mol. The van der Waals surface area contributed by atoms with Crippen molar-refractivity contribution in [2.24, 2.45) is 0 Å². The van der Waals surface area contributed by atoms with E-state index in [-0.39, 0.29) is 6.61 Å². The number of furan rings is 1. The van der Waals surface area contributed by atoms with E-state index >= 15 is 0 Å². The zero-order valence-corrected chi connectivity index (χ0v) is 15.4. The number of hydrogen-bond donors (Lipinski definition) is 1. The predicted octanol–water partition coefficient (Wildman–Crippen LogP) is 2.78. The molecule has 0 aliphatic carbocycles. The standard InChI is InChI=1S/C19H24F3N3O3/c20-19(21,22)15-4-5-18(23-11-15)25-7-2-6-24(8-9-25)12-16(26)13-27-14-17-3-1-10-28-17/h1,3-5,10-11,16,26H,2,6-9,12-14H2. The van der Waals surface area contributed by atoms with Crippen LogP contribution in [0.1, 0.15) is 17.7 Å². The van der Waals surface area contributed by atoms with Gasteiger partial charge in [-0.1, -0.05) is 0 Å². The second-order valence-corrected chi connectivity index (χ2v) is 6.79. The molecule has 1 atom stereocenters. The average molecular weight is 399 g/mol. The van der Waals surface area contributed by atoms with E-state index in [0.717, 1.165) is 25.2 Å². The molecule has 1 fully saturated rings. The molecule has 6 nitrogen and oxygen atoms in total. The zero-order chi connectivity index (χ0) is 20.0. The second kappa shape index (κ2) is 9.40. The Morgan fingerprint density at radius 1 is 1.18 bits per heavy atom. The summed E-state index contributed by atoms with van der Waals surface area (Å²) < 4.78 is 48.6. The van der Waals surface area contributed by atoms with Crippen molar-refractivity contribution < 1.29 is 27.4 Å². The molecular weight excluding hydrogens is 375 g/mol. The van der Waals surface area contributed by atoms with E-state index in [1.54, 1.807) is 12.3 Å². The summed E-state index contributed by atoms with van der Waals surface area (Å²) in [4.78, 5) is 8.07. The van der Waals surface area contributed by atoms with E-state index < -0.39 is 17.8 Å². The van der Waals surface area contributed by atoms with Crippen molar-refractivity contribution in [3.8, 4) is 0 Å². The van der Waals surface area contributed by atoms with Crippen LogP contribution in [0.15, 0.2) is 41.1 Å². The molecule has 0 amide bonds. The number of nitrogens with zero attached hydrogens (tertiary/aromatic N) is 3. The highest BCUT2D eigenvalue weighted by Gasteiger charge is 2.31. The van der Waals surface area contributed by atoms with Crippen LogP contribution in [-0.4, -0.2) is 60.4 Å². The number of hydrogen-bond acceptors (Lipinski definition) is 6. The van der Waals surface area contributed by atoms with Gasteiger partial charge in [0.05, 0.1) is 24.5 Å². The fourth-order valence-electron chi connectivity index (χ4n) is 3.16. The number of aliphatic hydroxyl groups is 1. The fraction of sp³-hybridized carbons (Fsp3) is 0.526. The van der Waals surface area contributed by atoms with Crippen molar-refractivity contribution in [2.75, 3.05) is 44.2 Å². The van der Waals surface area contributed by atoms with E-state index in [9.17, 15) is 18.3 Å². The van der Waals surface area contributed by atoms with Gasteiger partial charge in [0.25, 0.3) is 0 Å². The Morgan fingerprint density at radius 2 is 2.04 bits per heavy atom. The van der Waals surface area contributed by atoms with Crippen LogP contribution in [0.3, 0.4) is 0 Å². The third kappa shape index (κ3) is 5.95. The number of ether oxygens (including phenoxy) is 1. The number of anilines is 1. The van der Waals surface area contributed by atoms with Crippen LogP contribution in [0.5, 0.6) is 0 Å². The van der Waals surface area contributed by atoms with Gasteiger partial charge in [-0.2, -0.15) is 13.2 Å². The van der Waals surface area contributed by atoms with Crippen LogP contribution in [0.2, 0.25) is 0 Å². The van der Waals surface area contributed by atoms with Gasteiger partial charge >= 0.3 is 6.18 Å². The molecule has 0 saturated carbocycles. The van der Waals surface area contributed by atoms with Gasteiger partial charge in [0, 0.05) is 32.4 Å². The van der Waals surface area contributed by atoms with Crippen LogP contribution in [0, 0.1) is 0 Å². The Hall–Kier alpha value is -2.10. The first-order valence-electron chi connectivity index (χ1n) is 9.20. The number of pyridine rings is 1. The maximum absolute atomic E-state index is 12.7. The molecule has 3 heterocycles. The molecule has 0 spiro atoms. The van der Waals surface area contributed by atoms with Crippen molar-refractivity contribution in [1.82, 2.24) is 9.88 Å². The lowest BCUT2D eigenvalue weighted by molar-refractivity contribution is -0.137. The molecule has 0 radical (unpaired) electrons. The van der Waals surface area contributed by atoms with Crippen molar-refractivity contribution in [1.29, 1.82) is 0 Å². The number of halogens is 3. The maximum atomic E-state index is 12.7. The number of alkyl halides is 3. The molecular formula is C19H24F3N3O3.